The lowest BCUT2D eigenvalue weighted by Gasteiger charge is -2.37. The molecule has 2 aromatic rings. The number of carbonyl (C=O) groups excluding carboxylic acids is 1. The highest BCUT2D eigenvalue weighted by atomic mass is 19.1. The summed E-state index contributed by atoms with van der Waals surface area (Å²) in [6.45, 7) is 7.79. The van der Waals surface area contributed by atoms with E-state index in [-0.39, 0.29) is 18.4 Å². The quantitative estimate of drug-likeness (QED) is 0.820. The molecule has 0 atom stereocenters. The number of ether oxygens (including phenoxy) is 1. The van der Waals surface area contributed by atoms with E-state index in [4.69, 9.17) is 4.74 Å². The van der Waals surface area contributed by atoms with Crippen LogP contribution >= 0.6 is 0 Å². The molecule has 0 unspecified atom stereocenters. The number of amides is 2. The van der Waals surface area contributed by atoms with Crippen LogP contribution in [0.1, 0.15) is 11.1 Å². The van der Waals surface area contributed by atoms with Crippen LogP contribution < -0.4 is 15.0 Å². The van der Waals surface area contributed by atoms with Gasteiger partial charge in [-0.15, -0.1) is 0 Å². The fourth-order valence-electron chi connectivity index (χ4n) is 3.22. The lowest BCUT2D eigenvalue weighted by Crippen LogP contribution is -2.52. The van der Waals surface area contributed by atoms with Crippen molar-refractivity contribution in [2.24, 2.45) is 0 Å². The highest BCUT2D eigenvalue weighted by Crippen LogP contribution is 2.23. The highest BCUT2D eigenvalue weighted by molar-refractivity contribution is 5.74. The van der Waals surface area contributed by atoms with Gasteiger partial charge in [0, 0.05) is 31.9 Å². The predicted octanol–water partition coefficient (Wildman–Crippen LogP) is 3.35. The molecule has 0 spiro atoms. The number of carbonyl (C=O) groups is 1. The number of hydrogen-bond donors (Lipinski definition) is 1. The van der Waals surface area contributed by atoms with Crippen LogP contribution in [0.15, 0.2) is 42.5 Å². The van der Waals surface area contributed by atoms with Gasteiger partial charge in [0.25, 0.3) is 0 Å². The summed E-state index contributed by atoms with van der Waals surface area (Å²) in [5.74, 6) is -0.194. The smallest absolute Gasteiger partial charge is 0.317 e. The number of para-hydroxylation sites is 1. The third kappa shape index (κ3) is 4.70. The van der Waals surface area contributed by atoms with Gasteiger partial charge >= 0.3 is 6.03 Å². The first-order valence-corrected chi connectivity index (χ1v) is 9.27. The van der Waals surface area contributed by atoms with E-state index in [1.54, 1.807) is 18.2 Å². The fraction of sp³-hybridized carbons (Fsp3) is 0.381. The van der Waals surface area contributed by atoms with Crippen LogP contribution in [0.5, 0.6) is 5.75 Å². The Bertz CT molecular complexity index is 789. The number of nitrogens with one attached hydrogen (secondary N) is 1. The number of aryl methyl sites for hydroxylation is 1. The van der Waals surface area contributed by atoms with E-state index in [0.717, 1.165) is 13.1 Å². The van der Waals surface area contributed by atoms with Crippen molar-refractivity contribution < 1.29 is 13.9 Å². The van der Waals surface area contributed by atoms with Gasteiger partial charge in [-0.25, -0.2) is 9.18 Å². The number of nitrogens with zero attached hydrogens (tertiary/aromatic N) is 2. The molecule has 0 saturated carbocycles. The Morgan fingerprint density at radius 2 is 1.81 bits per heavy atom. The van der Waals surface area contributed by atoms with Gasteiger partial charge in [-0.05, 0) is 43.2 Å². The Kier molecular flexibility index (Phi) is 6.16. The van der Waals surface area contributed by atoms with Gasteiger partial charge in [0.15, 0.2) is 11.6 Å². The molecule has 2 amide bonds. The second kappa shape index (κ2) is 8.75. The zero-order valence-electron chi connectivity index (χ0n) is 15.9. The van der Waals surface area contributed by atoms with Gasteiger partial charge in [0.1, 0.15) is 6.61 Å². The van der Waals surface area contributed by atoms with Crippen LogP contribution in [0, 0.1) is 19.7 Å². The summed E-state index contributed by atoms with van der Waals surface area (Å²) in [5, 5.41) is 2.84. The van der Waals surface area contributed by atoms with Crippen LogP contribution in [0.3, 0.4) is 0 Å². The molecule has 5 nitrogen and oxygen atoms in total. The van der Waals surface area contributed by atoms with Crippen LogP contribution in [0.2, 0.25) is 0 Å². The molecule has 2 aromatic carbocycles. The summed E-state index contributed by atoms with van der Waals surface area (Å²) in [7, 11) is 0. The molecule has 1 N–H and O–H groups in total. The normalized spacial score (nSPS) is 14.2. The number of rotatable bonds is 5. The first-order chi connectivity index (χ1) is 13.1. The molecule has 1 fully saturated rings. The second-order valence-corrected chi connectivity index (χ2v) is 6.70. The maximum Gasteiger partial charge on any atom is 0.317 e. The summed E-state index contributed by atoms with van der Waals surface area (Å²) in [5.41, 5.74) is 3.82. The number of urea groups is 1. The summed E-state index contributed by atoms with van der Waals surface area (Å²) >= 11 is 0. The molecule has 1 aliphatic rings. The Balaban J connectivity index is 1.42. The summed E-state index contributed by atoms with van der Waals surface area (Å²) < 4.78 is 18.8. The summed E-state index contributed by atoms with van der Waals surface area (Å²) in [4.78, 5) is 16.4. The van der Waals surface area contributed by atoms with Gasteiger partial charge in [-0.1, -0.05) is 24.3 Å². The zero-order chi connectivity index (χ0) is 19.2. The Hall–Kier alpha value is -2.76. The predicted molar refractivity (Wildman–Crippen MR) is 105 cm³/mol. The fourth-order valence-corrected chi connectivity index (χ4v) is 3.22. The topological polar surface area (TPSA) is 44.8 Å². The minimum absolute atomic E-state index is 0.104. The van der Waals surface area contributed by atoms with Gasteiger partial charge in [0.05, 0.1) is 6.54 Å². The first kappa shape index (κ1) is 19.0. The van der Waals surface area contributed by atoms with E-state index in [9.17, 15) is 9.18 Å². The maximum absolute atomic E-state index is 13.5. The average Bonchev–Trinajstić information content (AvgIpc) is 2.68. The summed E-state index contributed by atoms with van der Waals surface area (Å²) in [6, 6.07) is 12.5. The molecule has 3 rings (SSSR count). The highest BCUT2D eigenvalue weighted by Gasteiger charge is 2.22. The minimum atomic E-state index is -0.397. The molecule has 0 bridgehead atoms. The third-order valence-corrected chi connectivity index (χ3v) is 4.96. The van der Waals surface area contributed by atoms with E-state index in [1.807, 2.05) is 4.90 Å². The molecular formula is C21H26FN3O2. The SMILES string of the molecule is Cc1cccc(N2CCN(C(=O)NCCOc3ccccc3F)CC2)c1C. The Morgan fingerprint density at radius 3 is 2.56 bits per heavy atom. The van der Waals surface area contributed by atoms with E-state index in [1.165, 1.54) is 22.9 Å². The Labute approximate surface area is 159 Å². The molecule has 0 aromatic heterocycles. The monoisotopic (exact) mass is 371 g/mol. The molecule has 0 radical (unpaired) electrons. The van der Waals surface area contributed by atoms with Crippen LogP contribution in [-0.2, 0) is 0 Å². The molecule has 1 aliphatic heterocycles. The van der Waals surface area contributed by atoms with E-state index >= 15 is 0 Å². The molecule has 144 valence electrons. The van der Waals surface area contributed by atoms with E-state index in [2.05, 4.69) is 42.3 Å². The standard InChI is InChI=1S/C21H26FN3O2/c1-16-6-5-8-19(17(16)2)24-11-13-25(14-12-24)21(26)23-10-15-27-20-9-4-3-7-18(20)22/h3-9H,10-15H2,1-2H3,(H,23,26). The third-order valence-electron chi connectivity index (χ3n) is 4.96. The van der Waals surface area contributed by atoms with Gasteiger partial charge in [-0.2, -0.15) is 0 Å². The lowest BCUT2D eigenvalue weighted by molar-refractivity contribution is 0.191. The number of benzene rings is 2. The molecular weight excluding hydrogens is 345 g/mol. The Morgan fingerprint density at radius 1 is 1.07 bits per heavy atom. The molecule has 27 heavy (non-hydrogen) atoms. The summed E-state index contributed by atoms with van der Waals surface area (Å²) in [6.07, 6.45) is 0. The van der Waals surface area contributed by atoms with Crippen molar-refractivity contribution in [2.45, 2.75) is 13.8 Å². The van der Waals surface area contributed by atoms with E-state index in [0.29, 0.717) is 19.6 Å². The molecule has 6 heteroatoms. The van der Waals surface area contributed by atoms with Crippen LogP contribution in [0.25, 0.3) is 0 Å². The first-order valence-electron chi connectivity index (χ1n) is 9.27. The van der Waals surface area contributed by atoms with Gasteiger partial charge < -0.3 is 19.9 Å². The van der Waals surface area contributed by atoms with Crippen molar-refractivity contribution in [3.63, 3.8) is 0 Å². The van der Waals surface area contributed by atoms with Crippen molar-refractivity contribution in [3.05, 3.63) is 59.4 Å². The van der Waals surface area contributed by atoms with Crippen molar-refractivity contribution in [3.8, 4) is 5.75 Å². The number of hydrogen-bond acceptors (Lipinski definition) is 3. The van der Waals surface area contributed by atoms with E-state index < -0.39 is 5.82 Å². The van der Waals surface area contributed by atoms with Gasteiger partial charge in [0.2, 0.25) is 0 Å². The minimum Gasteiger partial charge on any atom is -0.489 e. The zero-order valence-corrected chi connectivity index (χ0v) is 15.9. The molecule has 0 aliphatic carbocycles. The van der Waals surface area contributed by atoms with Gasteiger partial charge in [-0.3, -0.25) is 0 Å². The van der Waals surface area contributed by atoms with Crippen molar-refractivity contribution in [2.75, 3.05) is 44.2 Å². The number of piperazine rings is 1. The number of halogens is 1. The van der Waals surface area contributed by atoms with Crippen molar-refractivity contribution >= 4 is 11.7 Å². The largest absolute Gasteiger partial charge is 0.489 e. The second-order valence-electron chi connectivity index (χ2n) is 6.70. The number of anilines is 1. The van der Waals surface area contributed by atoms with Crippen molar-refractivity contribution in [1.29, 1.82) is 0 Å². The van der Waals surface area contributed by atoms with Crippen LogP contribution in [-0.4, -0.2) is 50.3 Å². The lowest BCUT2D eigenvalue weighted by atomic mass is 10.1. The molecule has 1 heterocycles. The maximum atomic E-state index is 13.5. The van der Waals surface area contributed by atoms with Crippen molar-refractivity contribution in [1.82, 2.24) is 10.2 Å². The molecule has 1 saturated heterocycles. The average molecular weight is 371 g/mol. The van der Waals surface area contributed by atoms with Crippen LogP contribution in [0.4, 0.5) is 14.9 Å².